The van der Waals surface area contributed by atoms with E-state index in [2.05, 4.69) is 21.6 Å². The molecule has 0 bridgehead atoms. The van der Waals surface area contributed by atoms with E-state index in [4.69, 9.17) is 0 Å². The van der Waals surface area contributed by atoms with Gasteiger partial charge in [-0.2, -0.15) is 10.2 Å². The summed E-state index contributed by atoms with van der Waals surface area (Å²) in [5, 5.41) is 21.9. The van der Waals surface area contributed by atoms with Gasteiger partial charge in [-0.15, -0.1) is 0 Å². The summed E-state index contributed by atoms with van der Waals surface area (Å²) in [6.07, 6.45) is 2.97. The van der Waals surface area contributed by atoms with Crippen molar-refractivity contribution in [2.24, 2.45) is 0 Å². The first-order chi connectivity index (χ1) is 12.5. The Morgan fingerprint density at radius 3 is 2.77 bits per heavy atom. The van der Waals surface area contributed by atoms with Crippen molar-refractivity contribution in [3.8, 4) is 0 Å². The van der Waals surface area contributed by atoms with Gasteiger partial charge in [0.05, 0.1) is 11.5 Å². The van der Waals surface area contributed by atoms with Crippen molar-refractivity contribution in [2.75, 3.05) is 5.32 Å². The van der Waals surface area contributed by atoms with Gasteiger partial charge < -0.3 is 5.32 Å². The van der Waals surface area contributed by atoms with E-state index in [9.17, 15) is 14.9 Å². The highest BCUT2D eigenvalue weighted by atomic mass is 16.6. The standard InChI is InChI=1S/C17H18N6O3/c1-3-21-11-14(23(25)26)16(20-21)17(24)18-15-7-8-22(19-15)10-13-6-4-5-12(2)9-13/h4-9,11H,3,10H2,1-2H3,(H,18,19,24). The van der Waals surface area contributed by atoms with Crippen LogP contribution < -0.4 is 5.32 Å². The first kappa shape index (κ1) is 17.3. The summed E-state index contributed by atoms with van der Waals surface area (Å²) in [4.78, 5) is 22.8. The summed E-state index contributed by atoms with van der Waals surface area (Å²) in [6.45, 7) is 4.79. The zero-order valence-electron chi connectivity index (χ0n) is 14.4. The number of nitrogens with zero attached hydrogens (tertiary/aromatic N) is 5. The minimum atomic E-state index is -0.662. The summed E-state index contributed by atoms with van der Waals surface area (Å²) >= 11 is 0. The van der Waals surface area contributed by atoms with Crippen LogP contribution in [0, 0.1) is 17.0 Å². The zero-order chi connectivity index (χ0) is 18.7. The summed E-state index contributed by atoms with van der Waals surface area (Å²) in [5.41, 5.74) is 1.68. The number of aromatic nitrogens is 4. The highest BCUT2D eigenvalue weighted by Crippen LogP contribution is 2.18. The molecule has 0 aliphatic heterocycles. The number of hydrogen-bond donors (Lipinski definition) is 1. The van der Waals surface area contributed by atoms with Crippen molar-refractivity contribution in [3.63, 3.8) is 0 Å². The Labute approximate surface area is 149 Å². The second kappa shape index (κ2) is 7.18. The maximum atomic E-state index is 12.3. The molecule has 0 radical (unpaired) electrons. The molecule has 0 fully saturated rings. The predicted molar refractivity (Wildman–Crippen MR) is 95.0 cm³/mol. The minimum absolute atomic E-state index is 0.231. The smallest absolute Gasteiger partial charge is 0.303 e. The molecular weight excluding hydrogens is 336 g/mol. The minimum Gasteiger partial charge on any atom is -0.303 e. The second-order valence-electron chi connectivity index (χ2n) is 5.82. The summed E-state index contributed by atoms with van der Waals surface area (Å²) in [5.74, 6) is -0.354. The maximum absolute atomic E-state index is 12.3. The first-order valence-corrected chi connectivity index (χ1v) is 8.08. The van der Waals surface area contributed by atoms with Gasteiger partial charge in [-0.1, -0.05) is 29.8 Å². The number of amides is 1. The van der Waals surface area contributed by atoms with E-state index in [0.29, 0.717) is 18.9 Å². The van der Waals surface area contributed by atoms with Crippen molar-refractivity contribution >= 4 is 17.4 Å². The molecule has 26 heavy (non-hydrogen) atoms. The van der Waals surface area contributed by atoms with Gasteiger partial charge in [0.2, 0.25) is 5.69 Å². The molecule has 134 valence electrons. The molecule has 1 aromatic carbocycles. The van der Waals surface area contributed by atoms with Crippen LogP contribution in [0.2, 0.25) is 0 Å². The van der Waals surface area contributed by atoms with E-state index < -0.39 is 10.8 Å². The van der Waals surface area contributed by atoms with Crippen molar-refractivity contribution in [2.45, 2.75) is 26.9 Å². The summed E-state index contributed by atoms with van der Waals surface area (Å²) < 4.78 is 3.03. The molecule has 3 rings (SSSR count). The Hall–Kier alpha value is -3.49. The Kier molecular flexibility index (Phi) is 4.78. The molecule has 2 aromatic heterocycles. The number of benzene rings is 1. The fourth-order valence-electron chi connectivity index (χ4n) is 2.56. The Morgan fingerprint density at radius 1 is 1.27 bits per heavy atom. The normalized spacial score (nSPS) is 10.7. The average molecular weight is 354 g/mol. The van der Waals surface area contributed by atoms with Crippen LogP contribution in [0.1, 0.15) is 28.5 Å². The van der Waals surface area contributed by atoms with Crippen LogP contribution in [0.5, 0.6) is 0 Å². The van der Waals surface area contributed by atoms with Crippen LogP contribution in [0.4, 0.5) is 11.5 Å². The molecule has 0 saturated carbocycles. The Bertz CT molecular complexity index is 959. The lowest BCUT2D eigenvalue weighted by Crippen LogP contribution is -2.15. The number of nitrogens with one attached hydrogen (secondary N) is 1. The van der Waals surface area contributed by atoms with Gasteiger partial charge in [0.1, 0.15) is 6.20 Å². The van der Waals surface area contributed by atoms with Crippen LogP contribution in [-0.2, 0) is 13.1 Å². The lowest BCUT2D eigenvalue weighted by Gasteiger charge is -2.03. The molecule has 1 amide bonds. The monoisotopic (exact) mass is 354 g/mol. The Balaban J connectivity index is 1.74. The number of carbonyl (C=O) groups is 1. The third-order valence-corrected chi connectivity index (χ3v) is 3.79. The summed E-state index contributed by atoms with van der Waals surface area (Å²) in [6, 6.07) is 9.67. The molecule has 0 atom stereocenters. The second-order valence-corrected chi connectivity index (χ2v) is 5.82. The van der Waals surface area contributed by atoms with Crippen molar-refractivity contribution in [1.29, 1.82) is 0 Å². The Morgan fingerprint density at radius 2 is 2.08 bits per heavy atom. The predicted octanol–water partition coefficient (Wildman–Crippen LogP) is 2.62. The van der Waals surface area contributed by atoms with E-state index in [1.54, 1.807) is 23.9 Å². The van der Waals surface area contributed by atoms with Crippen molar-refractivity contribution in [3.05, 3.63) is 69.7 Å². The van der Waals surface area contributed by atoms with E-state index in [1.165, 1.54) is 10.9 Å². The fraction of sp³-hybridized carbons (Fsp3) is 0.235. The highest BCUT2D eigenvalue weighted by Gasteiger charge is 2.25. The van der Waals surface area contributed by atoms with Gasteiger partial charge in [0, 0.05) is 18.8 Å². The molecule has 2 heterocycles. The van der Waals surface area contributed by atoms with Crippen LogP contribution in [0.15, 0.2) is 42.7 Å². The molecule has 0 spiro atoms. The van der Waals surface area contributed by atoms with Crippen LogP contribution >= 0.6 is 0 Å². The first-order valence-electron chi connectivity index (χ1n) is 8.08. The van der Waals surface area contributed by atoms with Gasteiger partial charge in [0.25, 0.3) is 5.91 Å². The van der Waals surface area contributed by atoms with Crippen LogP contribution in [0.3, 0.4) is 0 Å². The molecule has 1 N–H and O–H groups in total. The lowest BCUT2D eigenvalue weighted by atomic mass is 10.1. The van der Waals surface area contributed by atoms with Gasteiger partial charge in [-0.05, 0) is 19.4 Å². The van der Waals surface area contributed by atoms with Crippen LogP contribution in [-0.4, -0.2) is 30.4 Å². The molecule has 0 saturated heterocycles. The highest BCUT2D eigenvalue weighted by molar-refractivity contribution is 6.05. The molecular formula is C17H18N6O3. The van der Waals surface area contributed by atoms with Crippen LogP contribution in [0.25, 0.3) is 0 Å². The van der Waals surface area contributed by atoms with Gasteiger partial charge in [0.15, 0.2) is 5.82 Å². The SMILES string of the molecule is CCn1cc([N+](=O)[O-])c(C(=O)Nc2ccn(Cc3cccc(C)c3)n2)n1. The molecule has 3 aromatic rings. The quantitative estimate of drug-likeness (QED) is 0.541. The van der Waals surface area contributed by atoms with E-state index >= 15 is 0 Å². The van der Waals surface area contributed by atoms with E-state index in [1.807, 2.05) is 25.1 Å². The maximum Gasteiger partial charge on any atom is 0.320 e. The van der Waals surface area contributed by atoms with Gasteiger partial charge in [-0.25, -0.2) is 0 Å². The molecule has 0 unspecified atom stereocenters. The van der Waals surface area contributed by atoms with Gasteiger partial charge in [-0.3, -0.25) is 24.3 Å². The van der Waals surface area contributed by atoms with Gasteiger partial charge >= 0.3 is 5.69 Å². The zero-order valence-corrected chi connectivity index (χ0v) is 14.4. The molecule has 0 aliphatic carbocycles. The number of carbonyl (C=O) groups excluding carboxylic acids is 1. The number of nitro groups is 1. The largest absolute Gasteiger partial charge is 0.320 e. The number of anilines is 1. The van der Waals surface area contributed by atoms with Crippen molar-refractivity contribution in [1.82, 2.24) is 19.6 Å². The average Bonchev–Trinajstić information content (AvgIpc) is 3.21. The molecule has 0 aliphatic rings. The lowest BCUT2D eigenvalue weighted by molar-refractivity contribution is -0.385. The fourth-order valence-corrected chi connectivity index (χ4v) is 2.56. The number of rotatable bonds is 6. The van der Waals surface area contributed by atoms with E-state index in [0.717, 1.165) is 11.1 Å². The number of hydrogen-bond acceptors (Lipinski definition) is 5. The molecule has 9 nitrogen and oxygen atoms in total. The van der Waals surface area contributed by atoms with E-state index in [-0.39, 0.29) is 11.4 Å². The van der Waals surface area contributed by atoms with Crippen molar-refractivity contribution < 1.29 is 9.72 Å². The third kappa shape index (κ3) is 3.77. The summed E-state index contributed by atoms with van der Waals surface area (Å²) in [7, 11) is 0. The third-order valence-electron chi connectivity index (χ3n) is 3.79. The topological polar surface area (TPSA) is 108 Å². The molecule has 9 heteroatoms. The number of aryl methyl sites for hydroxylation is 2.